The van der Waals surface area contributed by atoms with E-state index in [4.69, 9.17) is 10.5 Å². The molecule has 0 spiro atoms. The van der Waals surface area contributed by atoms with E-state index in [0.717, 1.165) is 6.42 Å². The molecular formula is C19H19FN4O4. The third-order valence-electron chi connectivity index (χ3n) is 5.61. The van der Waals surface area contributed by atoms with Gasteiger partial charge in [-0.3, -0.25) is 14.6 Å². The molecule has 2 aliphatic rings. The van der Waals surface area contributed by atoms with E-state index in [9.17, 15) is 14.7 Å². The van der Waals surface area contributed by atoms with Crippen molar-refractivity contribution in [3.05, 3.63) is 38.5 Å². The maximum atomic E-state index is 15.1. The number of pyridine rings is 2. The second-order valence-corrected chi connectivity index (χ2v) is 7.53. The van der Waals surface area contributed by atoms with Crippen LogP contribution in [-0.4, -0.2) is 40.4 Å². The molecular weight excluding hydrogens is 367 g/mol. The fourth-order valence-electron chi connectivity index (χ4n) is 4.38. The molecule has 4 heterocycles. The summed E-state index contributed by atoms with van der Waals surface area (Å²) in [6.45, 7) is 3.20. The van der Waals surface area contributed by atoms with E-state index in [1.807, 2.05) is 11.8 Å². The first-order chi connectivity index (χ1) is 13.4. The van der Waals surface area contributed by atoms with Crippen LogP contribution in [0.3, 0.4) is 0 Å². The van der Waals surface area contributed by atoms with Crippen LogP contribution < -0.4 is 26.4 Å². The number of anilines is 1. The first kappa shape index (κ1) is 17.1. The predicted octanol–water partition coefficient (Wildman–Crippen LogP) is 1.18. The van der Waals surface area contributed by atoms with Gasteiger partial charge < -0.3 is 25.0 Å². The Balaban J connectivity index is 1.98. The van der Waals surface area contributed by atoms with E-state index in [2.05, 4.69) is 4.98 Å². The summed E-state index contributed by atoms with van der Waals surface area (Å²) in [6.07, 6.45) is 0.737. The number of fused-ring (bicyclic) bond motifs is 2. The Morgan fingerprint density at radius 2 is 2.14 bits per heavy atom. The normalized spacial score (nSPS) is 21.5. The first-order valence-electron chi connectivity index (χ1n) is 9.17. The lowest BCUT2D eigenvalue weighted by atomic mass is 10.0. The molecule has 2 atom stereocenters. The van der Waals surface area contributed by atoms with Crippen molar-refractivity contribution in [3.63, 3.8) is 0 Å². The number of aromatic hydroxyl groups is 1. The second-order valence-electron chi connectivity index (χ2n) is 7.53. The van der Waals surface area contributed by atoms with Gasteiger partial charge in [-0.05, 0) is 19.4 Å². The number of hydrogen-bond acceptors (Lipinski definition) is 6. The lowest BCUT2D eigenvalue weighted by Gasteiger charge is -2.32. The second kappa shape index (κ2) is 5.71. The van der Waals surface area contributed by atoms with Crippen molar-refractivity contribution < 1.29 is 14.2 Å². The van der Waals surface area contributed by atoms with Gasteiger partial charge in [0.05, 0.1) is 22.5 Å². The van der Waals surface area contributed by atoms with Gasteiger partial charge in [-0.2, -0.15) is 0 Å². The molecule has 9 heteroatoms. The van der Waals surface area contributed by atoms with Gasteiger partial charge in [0, 0.05) is 25.2 Å². The molecule has 4 N–H and O–H groups in total. The Kier molecular flexibility index (Phi) is 3.48. The van der Waals surface area contributed by atoms with Gasteiger partial charge in [0.25, 0.3) is 5.56 Å². The zero-order valence-electron chi connectivity index (χ0n) is 15.2. The number of nitrogens with zero attached hydrogens (tertiary/aromatic N) is 2. The summed E-state index contributed by atoms with van der Waals surface area (Å²) in [6, 6.07) is 2.18. The van der Waals surface area contributed by atoms with Gasteiger partial charge in [-0.1, -0.05) is 0 Å². The lowest BCUT2D eigenvalue weighted by molar-refractivity contribution is 0.250. The molecule has 8 nitrogen and oxygen atoms in total. The molecule has 3 aromatic rings. The molecule has 28 heavy (non-hydrogen) atoms. The number of rotatable bonds is 1. The van der Waals surface area contributed by atoms with E-state index in [1.54, 1.807) is 4.57 Å². The maximum absolute atomic E-state index is 15.1. The van der Waals surface area contributed by atoms with Crippen LogP contribution in [0.15, 0.2) is 21.7 Å². The topological polar surface area (TPSA) is 114 Å². The number of hydrogen-bond donors (Lipinski definition) is 3. The minimum atomic E-state index is -0.571. The number of ether oxygens (including phenoxy) is 1. The van der Waals surface area contributed by atoms with Crippen LogP contribution >= 0.6 is 0 Å². The highest BCUT2D eigenvalue weighted by Crippen LogP contribution is 2.44. The number of benzene rings is 1. The highest BCUT2D eigenvalue weighted by atomic mass is 19.1. The van der Waals surface area contributed by atoms with Crippen LogP contribution in [0.1, 0.15) is 19.4 Å². The molecule has 1 saturated heterocycles. The molecule has 5 rings (SSSR count). The third kappa shape index (κ3) is 2.19. The summed E-state index contributed by atoms with van der Waals surface area (Å²) in [4.78, 5) is 29.1. The van der Waals surface area contributed by atoms with Crippen LogP contribution in [-0.2, 0) is 0 Å². The minimum Gasteiger partial charge on any atom is -0.494 e. The van der Waals surface area contributed by atoms with Crippen LogP contribution in [0.2, 0.25) is 0 Å². The van der Waals surface area contributed by atoms with E-state index >= 15 is 4.39 Å². The molecule has 0 amide bonds. The summed E-state index contributed by atoms with van der Waals surface area (Å²) >= 11 is 0. The predicted molar refractivity (Wildman–Crippen MR) is 103 cm³/mol. The summed E-state index contributed by atoms with van der Waals surface area (Å²) < 4.78 is 22.8. The Morgan fingerprint density at radius 3 is 2.86 bits per heavy atom. The van der Waals surface area contributed by atoms with Gasteiger partial charge in [0.1, 0.15) is 17.7 Å². The molecule has 0 bridgehead atoms. The van der Waals surface area contributed by atoms with E-state index in [-0.39, 0.29) is 40.9 Å². The molecule has 0 saturated carbocycles. The van der Waals surface area contributed by atoms with Crippen LogP contribution in [0.4, 0.5) is 10.1 Å². The van der Waals surface area contributed by atoms with Gasteiger partial charge in [0.15, 0.2) is 11.6 Å². The highest BCUT2D eigenvalue weighted by Gasteiger charge is 2.32. The minimum absolute atomic E-state index is 0.0397. The number of aromatic nitrogens is 2. The first-order valence-corrected chi connectivity index (χ1v) is 9.17. The Bertz CT molecular complexity index is 1270. The van der Waals surface area contributed by atoms with Gasteiger partial charge in [-0.25, -0.2) is 4.39 Å². The monoisotopic (exact) mass is 386 g/mol. The summed E-state index contributed by atoms with van der Waals surface area (Å²) in [7, 11) is 0. The van der Waals surface area contributed by atoms with Crippen molar-refractivity contribution in [2.24, 2.45) is 5.73 Å². The van der Waals surface area contributed by atoms with Crippen molar-refractivity contribution >= 4 is 27.5 Å². The molecule has 0 aliphatic carbocycles. The molecule has 1 fully saturated rings. The molecule has 1 aromatic carbocycles. The van der Waals surface area contributed by atoms with Crippen molar-refractivity contribution in [2.75, 3.05) is 24.6 Å². The fraction of sp³-hybridized carbons (Fsp3) is 0.368. The Morgan fingerprint density at radius 1 is 1.36 bits per heavy atom. The van der Waals surface area contributed by atoms with E-state index < -0.39 is 22.7 Å². The molecule has 0 radical (unpaired) electrons. The summed E-state index contributed by atoms with van der Waals surface area (Å²) in [5.74, 6) is -0.813. The molecule has 2 aliphatic heterocycles. The fourth-order valence-corrected chi connectivity index (χ4v) is 4.38. The lowest BCUT2D eigenvalue weighted by Crippen LogP contribution is -2.30. The smallest absolute Gasteiger partial charge is 0.252 e. The van der Waals surface area contributed by atoms with Gasteiger partial charge >= 0.3 is 0 Å². The zero-order valence-corrected chi connectivity index (χ0v) is 15.2. The Labute approximate surface area is 157 Å². The maximum Gasteiger partial charge on any atom is 0.252 e. The zero-order chi connectivity index (χ0) is 19.7. The average molecular weight is 386 g/mol. The summed E-state index contributed by atoms with van der Waals surface area (Å²) in [5, 5.41) is 10.3. The van der Waals surface area contributed by atoms with Crippen molar-refractivity contribution in [1.82, 2.24) is 9.55 Å². The number of halogens is 1. The van der Waals surface area contributed by atoms with Crippen molar-refractivity contribution in [3.8, 4) is 11.6 Å². The third-order valence-corrected chi connectivity index (χ3v) is 5.61. The SMILES string of the molecule is CC1COc2c(N3CCC(N)C3)c(F)cc3c(=O)c4c(O)[nH]c(=O)cc4n1c23. The molecule has 2 unspecified atom stereocenters. The van der Waals surface area contributed by atoms with E-state index in [0.29, 0.717) is 24.1 Å². The number of H-pyrrole nitrogens is 1. The molecule has 146 valence electrons. The quantitative estimate of drug-likeness (QED) is 0.541. The van der Waals surface area contributed by atoms with E-state index in [1.165, 1.54) is 12.1 Å². The largest absolute Gasteiger partial charge is 0.494 e. The van der Waals surface area contributed by atoms with Gasteiger partial charge in [0.2, 0.25) is 11.3 Å². The number of nitrogens with one attached hydrogen (secondary N) is 1. The van der Waals surface area contributed by atoms with Crippen LogP contribution in [0.5, 0.6) is 11.6 Å². The standard InChI is InChI=1S/C19H19FN4O4/c1-8-7-28-18-15-10(4-11(20)16(18)23-3-2-9(21)6-23)17(26)14-12(24(8)15)5-13(25)22-19(14)27/h4-5,8-9H,2-3,6-7,21H2,1H3,(H2,22,25,27). The van der Waals surface area contributed by atoms with Gasteiger partial charge in [-0.15, -0.1) is 0 Å². The number of nitrogens with two attached hydrogens (primary N) is 1. The van der Waals surface area contributed by atoms with Crippen molar-refractivity contribution in [2.45, 2.75) is 25.4 Å². The highest BCUT2D eigenvalue weighted by molar-refractivity contribution is 6.01. The number of aromatic amines is 1. The van der Waals surface area contributed by atoms with Crippen LogP contribution in [0, 0.1) is 5.82 Å². The molecule has 2 aromatic heterocycles. The Hall–Kier alpha value is -3.07. The van der Waals surface area contributed by atoms with Crippen LogP contribution in [0.25, 0.3) is 21.8 Å². The average Bonchev–Trinajstić information content (AvgIpc) is 3.05. The summed E-state index contributed by atoms with van der Waals surface area (Å²) in [5.41, 5.74) is 5.92. The van der Waals surface area contributed by atoms with Crippen molar-refractivity contribution in [1.29, 1.82) is 0 Å².